The summed E-state index contributed by atoms with van der Waals surface area (Å²) in [6.07, 6.45) is 0.790. The Kier molecular flexibility index (Phi) is 6.33. The van der Waals surface area contributed by atoms with Crippen LogP contribution >= 0.6 is 31.1 Å². The summed E-state index contributed by atoms with van der Waals surface area (Å²) >= 11 is 7.99. The van der Waals surface area contributed by atoms with Crippen LogP contribution in [0.1, 0.15) is 6.42 Å². The molecule has 0 saturated carbocycles. The van der Waals surface area contributed by atoms with Gasteiger partial charge in [0.05, 0.1) is 11.4 Å². The second-order valence-electron chi connectivity index (χ2n) is 5.90. The van der Waals surface area contributed by atoms with Gasteiger partial charge in [-0.1, -0.05) is 35.5 Å². The summed E-state index contributed by atoms with van der Waals surface area (Å²) in [7, 11) is 1.36. The molecule has 2 aromatic carbocycles. The zero-order chi connectivity index (χ0) is 18.7. The normalized spacial score (nSPS) is 13.7. The fourth-order valence-electron chi connectivity index (χ4n) is 2.98. The van der Waals surface area contributed by atoms with Gasteiger partial charge in [-0.05, 0) is 43.8 Å². The van der Waals surface area contributed by atoms with Gasteiger partial charge in [-0.3, -0.25) is 9.05 Å². The molecule has 0 amide bonds. The van der Waals surface area contributed by atoms with Crippen molar-refractivity contribution in [3.63, 3.8) is 0 Å². The van der Waals surface area contributed by atoms with E-state index in [-0.39, 0.29) is 0 Å². The Morgan fingerprint density at radius 3 is 2.54 bits per heavy atom. The first-order valence-electron chi connectivity index (χ1n) is 8.25. The van der Waals surface area contributed by atoms with Crippen molar-refractivity contribution in [3.05, 3.63) is 47.5 Å². The van der Waals surface area contributed by atoms with Crippen LogP contribution in [0.25, 0.3) is 0 Å². The lowest BCUT2D eigenvalue weighted by Crippen LogP contribution is -2.26. The summed E-state index contributed by atoms with van der Waals surface area (Å²) in [5, 5.41) is 0.717. The Hall–Kier alpha value is -1.01. The number of hydrogen-bond donors (Lipinski definition) is 0. The Morgan fingerprint density at radius 1 is 1.12 bits per heavy atom. The molecule has 3 rings (SSSR count). The summed E-state index contributed by atoms with van der Waals surface area (Å²) in [6, 6.07) is 14.3. The summed E-state index contributed by atoms with van der Waals surface area (Å²) < 4.78 is 24.1. The van der Waals surface area contributed by atoms with Crippen LogP contribution in [0.5, 0.6) is 0 Å². The number of fused-ring (bicyclic) bond motifs is 2. The maximum Gasteiger partial charge on any atom is 0.407 e. The van der Waals surface area contributed by atoms with Gasteiger partial charge in [0.1, 0.15) is 0 Å². The van der Waals surface area contributed by atoms with Gasteiger partial charge in [0.25, 0.3) is 0 Å². The van der Waals surface area contributed by atoms with Crippen molar-refractivity contribution in [2.75, 3.05) is 39.3 Å². The first-order valence-corrected chi connectivity index (χ1v) is 10.9. The molecule has 0 N–H and O–H groups in total. The van der Waals surface area contributed by atoms with E-state index in [0.717, 1.165) is 24.3 Å². The summed E-state index contributed by atoms with van der Waals surface area (Å²) in [5.41, 5.74) is 2.27. The van der Waals surface area contributed by atoms with E-state index in [2.05, 4.69) is 23.1 Å². The zero-order valence-corrected chi connectivity index (χ0v) is 17.5. The van der Waals surface area contributed by atoms with E-state index in [1.54, 1.807) is 23.5 Å². The highest BCUT2D eigenvalue weighted by molar-refractivity contribution is 7.99. The third-order valence-corrected chi connectivity index (χ3v) is 7.66. The van der Waals surface area contributed by atoms with Crippen LogP contribution < -0.4 is 4.90 Å². The third-order valence-electron chi connectivity index (χ3n) is 4.33. The number of halogens is 1. The molecular weight excluding hydrogens is 391 g/mol. The molecule has 1 aliphatic heterocycles. The van der Waals surface area contributed by atoms with Crippen LogP contribution in [0.15, 0.2) is 52.3 Å². The van der Waals surface area contributed by atoms with Crippen LogP contribution in [0.3, 0.4) is 0 Å². The van der Waals surface area contributed by atoms with Crippen molar-refractivity contribution in [2.24, 2.45) is 0 Å². The molecule has 8 heteroatoms. The average molecular weight is 413 g/mol. The highest BCUT2D eigenvalue weighted by Gasteiger charge is 2.28. The third kappa shape index (κ3) is 3.96. The molecule has 0 aromatic heterocycles. The summed E-state index contributed by atoms with van der Waals surface area (Å²) in [5.74, 6) is 0. The lowest BCUT2D eigenvalue weighted by atomic mass is 10.2. The minimum Gasteiger partial charge on any atom is -0.340 e. The topological polar surface area (TPSA) is 42.0 Å². The molecule has 0 aliphatic carbocycles. The van der Waals surface area contributed by atoms with Crippen LogP contribution in [-0.2, 0) is 13.6 Å². The van der Waals surface area contributed by atoms with E-state index in [1.165, 1.54) is 24.0 Å². The van der Waals surface area contributed by atoms with Crippen molar-refractivity contribution >= 4 is 42.5 Å². The fourth-order valence-corrected chi connectivity index (χ4v) is 5.31. The van der Waals surface area contributed by atoms with E-state index in [0.29, 0.717) is 11.6 Å². The first-order chi connectivity index (χ1) is 12.5. The summed E-state index contributed by atoms with van der Waals surface area (Å²) in [4.78, 5) is 4.67. The van der Waals surface area contributed by atoms with E-state index in [9.17, 15) is 4.57 Å². The highest BCUT2D eigenvalue weighted by Crippen LogP contribution is 2.50. The molecule has 5 nitrogen and oxygen atoms in total. The van der Waals surface area contributed by atoms with Crippen molar-refractivity contribution in [1.29, 1.82) is 0 Å². The maximum absolute atomic E-state index is 12.4. The molecule has 140 valence electrons. The molecule has 0 bridgehead atoms. The molecule has 0 fully saturated rings. The minimum atomic E-state index is -3.19. The maximum atomic E-state index is 12.4. The zero-order valence-electron chi connectivity index (χ0n) is 15.0. The number of benzene rings is 2. The van der Waals surface area contributed by atoms with Crippen molar-refractivity contribution in [1.82, 2.24) is 4.67 Å². The van der Waals surface area contributed by atoms with Crippen LogP contribution in [0, 0.1) is 0 Å². The van der Waals surface area contributed by atoms with Gasteiger partial charge in [-0.2, -0.15) is 0 Å². The van der Waals surface area contributed by atoms with Crippen molar-refractivity contribution < 1.29 is 13.6 Å². The van der Waals surface area contributed by atoms with Crippen LogP contribution in [0.2, 0.25) is 5.02 Å². The van der Waals surface area contributed by atoms with Gasteiger partial charge in [0.15, 0.2) is 0 Å². The van der Waals surface area contributed by atoms with Crippen LogP contribution in [-0.4, -0.2) is 39.0 Å². The monoisotopic (exact) mass is 412 g/mol. The van der Waals surface area contributed by atoms with E-state index in [1.807, 2.05) is 24.3 Å². The van der Waals surface area contributed by atoms with Crippen LogP contribution in [0.4, 0.5) is 11.4 Å². The van der Waals surface area contributed by atoms with Crippen molar-refractivity contribution in [3.8, 4) is 0 Å². The number of hydrogen-bond acceptors (Lipinski definition) is 5. The number of anilines is 2. The quantitative estimate of drug-likeness (QED) is 0.546. The number of rotatable bonds is 7. The molecule has 1 aliphatic rings. The van der Waals surface area contributed by atoms with E-state index < -0.39 is 7.75 Å². The average Bonchev–Trinajstić information content (AvgIpc) is 2.67. The minimum absolute atomic E-state index is 0.584. The predicted molar refractivity (Wildman–Crippen MR) is 108 cm³/mol. The lowest BCUT2D eigenvalue weighted by molar-refractivity contribution is 0.220. The highest BCUT2D eigenvalue weighted by atomic mass is 35.5. The SMILES string of the molecule is COP(=O)(OC)N(C)CCCN1c2ccccc2Sc2ccc(Cl)cc21. The number of nitrogens with zero attached hydrogens (tertiary/aromatic N) is 2. The molecule has 0 spiro atoms. The van der Waals surface area contributed by atoms with Gasteiger partial charge >= 0.3 is 7.75 Å². The molecule has 0 unspecified atom stereocenters. The van der Waals surface area contributed by atoms with Gasteiger partial charge in [0.2, 0.25) is 0 Å². The first kappa shape index (κ1) is 19.7. The Bertz CT molecular complexity index is 828. The Balaban J connectivity index is 1.79. The molecule has 0 radical (unpaired) electrons. The predicted octanol–water partition coefficient (Wildman–Crippen LogP) is 5.67. The molecular formula is C18H22ClN2O3PS. The number of para-hydroxylation sites is 1. The standard InChI is InChI=1S/C18H22ClN2O3PS/c1-20(25(22,23-2)24-3)11-6-12-21-15-7-4-5-8-17(15)26-18-10-9-14(19)13-16(18)21/h4-5,7-10,13H,6,11-12H2,1-3H3. The van der Waals surface area contributed by atoms with Gasteiger partial charge in [0, 0.05) is 42.1 Å². The molecule has 2 aromatic rings. The largest absolute Gasteiger partial charge is 0.407 e. The van der Waals surface area contributed by atoms with Gasteiger partial charge in [-0.25, -0.2) is 9.24 Å². The summed E-state index contributed by atoms with van der Waals surface area (Å²) in [6.45, 7) is 1.35. The van der Waals surface area contributed by atoms with E-state index in [4.69, 9.17) is 20.6 Å². The second-order valence-corrected chi connectivity index (χ2v) is 9.77. The molecule has 0 saturated heterocycles. The van der Waals surface area contributed by atoms with E-state index >= 15 is 0 Å². The lowest BCUT2D eigenvalue weighted by Gasteiger charge is -2.33. The fraction of sp³-hybridized carbons (Fsp3) is 0.333. The van der Waals surface area contributed by atoms with Crippen molar-refractivity contribution in [2.45, 2.75) is 16.2 Å². The van der Waals surface area contributed by atoms with Gasteiger partial charge < -0.3 is 4.90 Å². The Labute approximate surface area is 163 Å². The molecule has 26 heavy (non-hydrogen) atoms. The molecule has 1 heterocycles. The Morgan fingerprint density at radius 2 is 1.81 bits per heavy atom. The molecule has 0 atom stereocenters. The van der Waals surface area contributed by atoms with Gasteiger partial charge in [-0.15, -0.1) is 0 Å². The second kappa shape index (κ2) is 8.34. The smallest absolute Gasteiger partial charge is 0.340 e.